The van der Waals surface area contributed by atoms with Crippen molar-refractivity contribution in [1.82, 2.24) is 30.0 Å². The van der Waals surface area contributed by atoms with Crippen LogP contribution in [-0.4, -0.2) is 37.1 Å². The molecule has 0 fully saturated rings. The Bertz CT molecular complexity index is 1020. The first-order chi connectivity index (χ1) is 12.1. The van der Waals surface area contributed by atoms with Gasteiger partial charge in [-0.15, -0.1) is 10.2 Å². The fourth-order valence-corrected chi connectivity index (χ4v) is 3.51. The van der Waals surface area contributed by atoms with E-state index in [0.29, 0.717) is 11.7 Å². The van der Waals surface area contributed by atoms with Crippen LogP contribution in [-0.2, 0) is 6.42 Å². The summed E-state index contributed by atoms with van der Waals surface area (Å²) >= 11 is 1.49. The Hall–Kier alpha value is -2.74. The predicted octanol–water partition coefficient (Wildman–Crippen LogP) is 3.45. The lowest BCUT2D eigenvalue weighted by Gasteiger charge is -2.00. The lowest BCUT2D eigenvalue weighted by atomic mass is 10.1. The fraction of sp³-hybridized carbons (Fsp3) is 0.294. The van der Waals surface area contributed by atoms with Gasteiger partial charge in [-0.1, -0.05) is 37.3 Å². The van der Waals surface area contributed by atoms with Gasteiger partial charge in [0.25, 0.3) is 0 Å². The molecule has 0 amide bonds. The van der Waals surface area contributed by atoms with Gasteiger partial charge in [-0.3, -0.25) is 5.10 Å². The molecule has 128 valence electrons. The second kappa shape index (κ2) is 6.29. The Morgan fingerprint density at radius 2 is 2.12 bits per heavy atom. The summed E-state index contributed by atoms with van der Waals surface area (Å²) in [7, 11) is 1.65. The van der Waals surface area contributed by atoms with Gasteiger partial charge in [-0.2, -0.15) is 14.7 Å². The first kappa shape index (κ1) is 15.8. The van der Waals surface area contributed by atoms with Crippen molar-refractivity contribution in [3.8, 4) is 27.8 Å². The van der Waals surface area contributed by atoms with Crippen LogP contribution >= 0.6 is 11.3 Å². The zero-order chi connectivity index (χ0) is 17.4. The summed E-state index contributed by atoms with van der Waals surface area (Å²) in [5.74, 6) is 2.01. The van der Waals surface area contributed by atoms with Crippen LogP contribution in [0.15, 0.2) is 30.3 Å². The van der Waals surface area contributed by atoms with E-state index in [0.717, 1.165) is 39.1 Å². The molecule has 3 heterocycles. The Morgan fingerprint density at radius 1 is 1.24 bits per heavy atom. The van der Waals surface area contributed by atoms with Crippen LogP contribution in [0.4, 0.5) is 0 Å². The molecule has 0 radical (unpaired) electrons. The molecule has 7 nitrogen and oxygen atoms in total. The van der Waals surface area contributed by atoms with Crippen molar-refractivity contribution in [2.24, 2.45) is 5.92 Å². The molecule has 0 aliphatic heterocycles. The van der Waals surface area contributed by atoms with E-state index in [1.165, 1.54) is 11.3 Å². The molecular weight excluding hydrogens is 336 g/mol. The van der Waals surface area contributed by atoms with E-state index in [1.54, 1.807) is 11.6 Å². The van der Waals surface area contributed by atoms with Crippen molar-refractivity contribution in [2.75, 3.05) is 7.11 Å². The maximum absolute atomic E-state index is 5.29. The van der Waals surface area contributed by atoms with E-state index >= 15 is 0 Å². The summed E-state index contributed by atoms with van der Waals surface area (Å²) in [5, 5.41) is 21.4. The number of H-pyrrole nitrogens is 1. The highest BCUT2D eigenvalue weighted by Gasteiger charge is 2.17. The van der Waals surface area contributed by atoms with E-state index in [1.807, 2.05) is 30.3 Å². The van der Waals surface area contributed by atoms with Crippen molar-refractivity contribution in [1.29, 1.82) is 0 Å². The standard InChI is InChI=1S/C17H18N6OS/c1-10(2)7-12-9-14(19-18-12)15-20-21-17-23(15)22-16(25-17)11-5-4-6-13(8-11)24-3/h4-6,8-10H,7H2,1-3H3,(H,18,19). The number of methoxy groups -OCH3 is 1. The summed E-state index contributed by atoms with van der Waals surface area (Å²) in [4.78, 5) is 0.737. The van der Waals surface area contributed by atoms with Crippen molar-refractivity contribution in [2.45, 2.75) is 20.3 Å². The highest BCUT2D eigenvalue weighted by molar-refractivity contribution is 7.19. The number of aromatic nitrogens is 6. The summed E-state index contributed by atoms with van der Waals surface area (Å²) in [6.45, 7) is 4.35. The van der Waals surface area contributed by atoms with Crippen LogP contribution in [0.25, 0.3) is 27.1 Å². The molecule has 1 N–H and O–H groups in total. The van der Waals surface area contributed by atoms with Gasteiger partial charge >= 0.3 is 0 Å². The molecule has 0 spiro atoms. The lowest BCUT2D eigenvalue weighted by molar-refractivity contribution is 0.415. The summed E-state index contributed by atoms with van der Waals surface area (Å²) < 4.78 is 7.03. The van der Waals surface area contributed by atoms with Gasteiger partial charge in [0, 0.05) is 11.3 Å². The minimum absolute atomic E-state index is 0.561. The number of hydrogen-bond acceptors (Lipinski definition) is 6. The number of aromatic amines is 1. The summed E-state index contributed by atoms with van der Waals surface area (Å²) in [5.41, 5.74) is 2.83. The third-order valence-electron chi connectivity index (χ3n) is 3.80. The predicted molar refractivity (Wildman–Crippen MR) is 96.8 cm³/mol. The first-order valence-corrected chi connectivity index (χ1v) is 8.87. The number of benzene rings is 1. The quantitative estimate of drug-likeness (QED) is 0.594. The Labute approximate surface area is 148 Å². The third-order valence-corrected chi connectivity index (χ3v) is 4.74. The molecule has 3 aromatic heterocycles. The molecule has 0 atom stereocenters. The van der Waals surface area contributed by atoms with Crippen LogP contribution < -0.4 is 4.74 Å². The largest absolute Gasteiger partial charge is 0.497 e. The second-order valence-electron chi connectivity index (χ2n) is 6.23. The summed E-state index contributed by atoms with van der Waals surface area (Å²) in [6, 6.07) is 9.84. The number of fused-ring (bicyclic) bond motifs is 1. The molecule has 4 rings (SSSR count). The Morgan fingerprint density at radius 3 is 2.92 bits per heavy atom. The van der Waals surface area contributed by atoms with Gasteiger partial charge in [0.1, 0.15) is 16.5 Å². The average Bonchev–Trinajstić information content (AvgIpc) is 3.29. The smallest absolute Gasteiger partial charge is 0.235 e. The van der Waals surface area contributed by atoms with Crippen LogP contribution in [0.2, 0.25) is 0 Å². The molecule has 25 heavy (non-hydrogen) atoms. The molecule has 8 heteroatoms. The summed E-state index contributed by atoms with van der Waals surface area (Å²) in [6.07, 6.45) is 0.946. The van der Waals surface area contributed by atoms with E-state index in [4.69, 9.17) is 4.74 Å². The average molecular weight is 354 g/mol. The van der Waals surface area contributed by atoms with Crippen LogP contribution in [0.5, 0.6) is 5.75 Å². The number of rotatable bonds is 5. The first-order valence-electron chi connectivity index (χ1n) is 8.05. The van der Waals surface area contributed by atoms with Gasteiger partial charge in [0.05, 0.1) is 7.11 Å². The zero-order valence-corrected chi connectivity index (χ0v) is 15.0. The van der Waals surface area contributed by atoms with E-state index in [9.17, 15) is 0 Å². The highest BCUT2D eigenvalue weighted by Crippen LogP contribution is 2.29. The van der Waals surface area contributed by atoms with E-state index in [2.05, 4.69) is 39.3 Å². The molecule has 0 saturated carbocycles. The fourth-order valence-electron chi connectivity index (χ4n) is 2.67. The Balaban J connectivity index is 1.72. The molecular formula is C17H18N6OS. The highest BCUT2D eigenvalue weighted by atomic mass is 32.1. The topological polar surface area (TPSA) is 81.0 Å². The molecule has 1 aromatic carbocycles. The maximum Gasteiger partial charge on any atom is 0.235 e. The zero-order valence-electron chi connectivity index (χ0n) is 14.2. The van der Waals surface area contributed by atoms with Gasteiger partial charge in [0.2, 0.25) is 10.8 Å². The SMILES string of the molecule is COc1cccc(-c2nn3c(-c4cc(CC(C)C)[nH]n4)nnc3s2)c1. The maximum atomic E-state index is 5.29. The molecule has 0 aliphatic carbocycles. The van der Waals surface area contributed by atoms with Crippen molar-refractivity contribution in [3.05, 3.63) is 36.0 Å². The van der Waals surface area contributed by atoms with Crippen molar-refractivity contribution < 1.29 is 4.74 Å². The Kier molecular flexibility index (Phi) is 3.96. The number of nitrogens with zero attached hydrogens (tertiary/aromatic N) is 5. The van der Waals surface area contributed by atoms with Crippen molar-refractivity contribution in [3.63, 3.8) is 0 Å². The molecule has 0 bridgehead atoms. The lowest BCUT2D eigenvalue weighted by Crippen LogP contribution is -1.93. The van der Waals surface area contributed by atoms with Crippen LogP contribution in [0.3, 0.4) is 0 Å². The van der Waals surface area contributed by atoms with Crippen LogP contribution in [0, 0.1) is 5.92 Å². The minimum Gasteiger partial charge on any atom is -0.497 e. The molecule has 0 unspecified atom stereocenters. The van der Waals surface area contributed by atoms with Gasteiger partial charge in [-0.05, 0) is 30.5 Å². The van der Waals surface area contributed by atoms with Crippen molar-refractivity contribution >= 4 is 16.3 Å². The normalized spacial score (nSPS) is 11.5. The number of nitrogens with one attached hydrogen (secondary N) is 1. The third kappa shape index (κ3) is 3.00. The van der Waals surface area contributed by atoms with Gasteiger partial charge in [-0.25, -0.2) is 0 Å². The number of hydrogen-bond donors (Lipinski definition) is 1. The van der Waals surface area contributed by atoms with E-state index in [-0.39, 0.29) is 0 Å². The molecule has 0 aliphatic rings. The minimum atomic E-state index is 0.561. The molecule has 0 saturated heterocycles. The van der Waals surface area contributed by atoms with Crippen LogP contribution in [0.1, 0.15) is 19.5 Å². The molecule has 4 aromatic rings. The van der Waals surface area contributed by atoms with Gasteiger partial charge < -0.3 is 4.74 Å². The van der Waals surface area contributed by atoms with Gasteiger partial charge in [0.15, 0.2) is 0 Å². The number of ether oxygens (including phenoxy) is 1. The second-order valence-corrected chi connectivity index (χ2v) is 7.19. The van der Waals surface area contributed by atoms with E-state index < -0.39 is 0 Å². The monoisotopic (exact) mass is 354 g/mol.